The van der Waals surface area contributed by atoms with Crippen LogP contribution in [0.3, 0.4) is 0 Å². The lowest BCUT2D eigenvalue weighted by atomic mass is 9.53. The topological polar surface area (TPSA) is 144 Å². The number of thiocarbonyl (C=S) groups is 1. The van der Waals surface area contributed by atoms with Crippen LogP contribution in [0.5, 0.6) is 0 Å². The second-order valence-corrected chi connectivity index (χ2v) is 15.1. The van der Waals surface area contributed by atoms with E-state index in [0.717, 1.165) is 49.9 Å². The third-order valence-corrected chi connectivity index (χ3v) is 11.0. The number of hydrogen-bond donors (Lipinski definition) is 7. The summed E-state index contributed by atoms with van der Waals surface area (Å²) in [4.78, 5) is 0. The van der Waals surface area contributed by atoms with E-state index in [4.69, 9.17) is 21.7 Å². The molecule has 5 fully saturated rings. The van der Waals surface area contributed by atoms with Gasteiger partial charge in [0.05, 0.1) is 25.4 Å². The quantitative estimate of drug-likeness (QED) is 0.0579. The zero-order valence-corrected chi connectivity index (χ0v) is 28.3. The number of aliphatic hydroxyl groups is 5. The lowest BCUT2D eigenvalue weighted by molar-refractivity contribution is -0.302. The maximum absolute atomic E-state index is 11.2. The number of ether oxygens (including phenoxy) is 2. The summed E-state index contributed by atoms with van der Waals surface area (Å²) in [5.41, 5.74) is 0.0113. The average Bonchev–Trinajstić information content (AvgIpc) is 3.00. The summed E-state index contributed by atoms with van der Waals surface area (Å²) in [6.07, 6.45) is 18.5. The van der Waals surface area contributed by atoms with Crippen molar-refractivity contribution < 1.29 is 35.0 Å². The van der Waals surface area contributed by atoms with Crippen molar-refractivity contribution in [2.45, 2.75) is 171 Å². The van der Waals surface area contributed by atoms with Gasteiger partial charge in [0.15, 0.2) is 11.4 Å². The molecule has 7 N–H and O–H groups in total. The van der Waals surface area contributed by atoms with Crippen molar-refractivity contribution in [3.8, 4) is 0 Å². The zero-order chi connectivity index (χ0) is 32.2. The van der Waals surface area contributed by atoms with E-state index < -0.39 is 49.5 Å². The van der Waals surface area contributed by atoms with Crippen LogP contribution in [0.2, 0.25) is 0 Å². The first-order chi connectivity index (χ1) is 21.7. The summed E-state index contributed by atoms with van der Waals surface area (Å²) in [5.74, 6) is 2.29. The molecule has 4 bridgehead atoms. The Labute approximate surface area is 276 Å². The summed E-state index contributed by atoms with van der Waals surface area (Å²) in [6.45, 7) is 1.65. The molecular weight excluding hydrogens is 592 g/mol. The SMILES string of the molecule is CCCCCCCCCCCCCC=CC(O)C(CO[C@@H]1OC(CO)[C@@H](O)[C@@H](O)C1O)NC(=S)NC12CC3CC(CC(C3)C1)C2. The predicted molar refractivity (Wildman–Crippen MR) is 180 cm³/mol. The summed E-state index contributed by atoms with van der Waals surface area (Å²) >= 11 is 5.79. The third-order valence-electron chi connectivity index (χ3n) is 10.7. The van der Waals surface area contributed by atoms with E-state index in [9.17, 15) is 25.5 Å². The Morgan fingerprint density at radius 2 is 1.42 bits per heavy atom. The van der Waals surface area contributed by atoms with Crippen LogP contribution in [0, 0.1) is 17.8 Å². The molecule has 5 aliphatic rings. The van der Waals surface area contributed by atoms with Gasteiger partial charge < -0.3 is 45.6 Å². The van der Waals surface area contributed by atoms with Gasteiger partial charge in [0.1, 0.15) is 24.4 Å². The largest absolute Gasteiger partial charge is 0.394 e. The van der Waals surface area contributed by atoms with Crippen LogP contribution in [0.25, 0.3) is 0 Å². The van der Waals surface area contributed by atoms with E-state index in [0.29, 0.717) is 5.11 Å². The van der Waals surface area contributed by atoms with Crippen LogP contribution in [-0.2, 0) is 9.47 Å². The number of rotatable bonds is 20. The number of hydrogen-bond acceptors (Lipinski definition) is 8. The fourth-order valence-electron chi connectivity index (χ4n) is 8.63. The molecule has 4 aliphatic carbocycles. The van der Waals surface area contributed by atoms with Crippen molar-refractivity contribution in [1.29, 1.82) is 0 Å². The fraction of sp³-hybridized carbons (Fsp3) is 0.914. The van der Waals surface area contributed by atoms with Gasteiger partial charge >= 0.3 is 0 Å². The van der Waals surface area contributed by atoms with Gasteiger partial charge in [-0.05, 0) is 81.3 Å². The minimum Gasteiger partial charge on any atom is -0.394 e. The van der Waals surface area contributed by atoms with Crippen LogP contribution < -0.4 is 10.6 Å². The molecule has 0 aromatic carbocycles. The van der Waals surface area contributed by atoms with E-state index in [2.05, 4.69) is 17.6 Å². The summed E-state index contributed by atoms with van der Waals surface area (Å²) in [5, 5.41) is 58.9. The highest BCUT2D eigenvalue weighted by Crippen LogP contribution is 2.55. The molecule has 0 aromatic rings. The molecule has 5 rings (SSSR count). The van der Waals surface area contributed by atoms with E-state index >= 15 is 0 Å². The zero-order valence-electron chi connectivity index (χ0n) is 27.5. The van der Waals surface area contributed by atoms with Crippen molar-refractivity contribution >= 4 is 17.3 Å². The highest BCUT2D eigenvalue weighted by atomic mass is 32.1. The monoisotopic (exact) mass is 654 g/mol. The Morgan fingerprint density at radius 1 is 0.867 bits per heavy atom. The first-order valence-electron chi connectivity index (χ1n) is 18.1. The van der Waals surface area contributed by atoms with Crippen molar-refractivity contribution in [1.82, 2.24) is 10.6 Å². The van der Waals surface area contributed by atoms with E-state index in [1.165, 1.54) is 83.5 Å². The minimum atomic E-state index is -1.53. The normalized spacial score (nSPS) is 35.5. The first kappa shape index (κ1) is 37.0. The van der Waals surface area contributed by atoms with Gasteiger partial charge in [0.2, 0.25) is 0 Å². The molecule has 9 nitrogen and oxygen atoms in total. The molecule has 0 radical (unpaired) electrons. The number of aliphatic hydroxyl groups excluding tert-OH is 5. The molecule has 0 spiro atoms. The molecule has 45 heavy (non-hydrogen) atoms. The molecule has 4 saturated carbocycles. The molecule has 1 aliphatic heterocycles. The highest BCUT2D eigenvalue weighted by Gasteiger charge is 2.51. The fourth-order valence-corrected chi connectivity index (χ4v) is 9.00. The Balaban J connectivity index is 1.24. The van der Waals surface area contributed by atoms with Crippen molar-refractivity contribution in [2.24, 2.45) is 17.8 Å². The predicted octanol–water partition coefficient (Wildman–Crippen LogP) is 4.22. The molecule has 10 heteroatoms. The lowest BCUT2D eigenvalue weighted by Gasteiger charge is -2.57. The Morgan fingerprint density at radius 3 is 1.98 bits per heavy atom. The number of nitrogens with one attached hydrogen (secondary N) is 2. The summed E-state index contributed by atoms with van der Waals surface area (Å²) in [6, 6.07) is -0.639. The van der Waals surface area contributed by atoms with Crippen LogP contribution in [0.15, 0.2) is 12.2 Å². The number of allylic oxidation sites excluding steroid dienone is 1. The lowest BCUT2D eigenvalue weighted by Crippen LogP contribution is -2.63. The van der Waals surface area contributed by atoms with Crippen LogP contribution in [-0.4, -0.2) is 92.2 Å². The standard InChI is InChI=1S/C35H62N2O7S/c1-2-3-4-5-6-7-8-9-10-11-12-13-14-15-28(39)27(23-43-33-32(42)31(41)30(40)29(22-38)44-33)36-34(45)37-35-19-24-16-25(20-35)18-26(17-24)21-35/h14-15,24-33,38-42H,2-13,16-23H2,1H3,(H2,36,37,45)/t24?,25?,26?,27?,28?,29?,30-,31-,32?,33-,35?/m1/s1. The molecule has 1 heterocycles. The summed E-state index contributed by atoms with van der Waals surface area (Å²) in [7, 11) is 0. The first-order valence-corrected chi connectivity index (χ1v) is 18.5. The van der Waals surface area contributed by atoms with Gasteiger partial charge in [-0.25, -0.2) is 0 Å². The molecule has 0 amide bonds. The average molecular weight is 655 g/mol. The third kappa shape index (κ3) is 11.1. The minimum absolute atomic E-state index is 0.0113. The van der Waals surface area contributed by atoms with E-state index in [1.807, 2.05) is 6.08 Å². The molecule has 0 aromatic heterocycles. The molecule has 7 atom stereocenters. The van der Waals surface area contributed by atoms with Crippen LogP contribution in [0.1, 0.15) is 122 Å². The van der Waals surface area contributed by atoms with Gasteiger partial charge in [-0.15, -0.1) is 0 Å². The smallest absolute Gasteiger partial charge is 0.186 e. The highest BCUT2D eigenvalue weighted by molar-refractivity contribution is 7.80. The van der Waals surface area contributed by atoms with Crippen molar-refractivity contribution in [3.05, 3.63) is 12.2 Å². The second-order valence-electron chi connectivity index (χ2n) is 14.7. The Bertz CT molecular complexity index is 870. The maximum atomic E-state index is 11.2. The number of unbranched alkanes of at least 4 members (excludes halogenated alkanes) is 11. The second kappa shape index (κ2) is 18.6. The van der Waals surface area contributed by atoms with E-state index in [-0.39, 0.29) is 12.1 Å². The van der Waals surface area contributed by atoms with Gasteiger partial charge in [0.25, 0.3) is 0 Å². The van der Waals surface area contributed by atoms with Gasteiger partial charge in [-0.3, -0.25) is 0 Å². The van der Waals surface area contributed by atoms with E-state index in [1.54, 1.807) is 6.08 Å². The van der Waals surface area contributed by atoms with Gasteiger partial charge in [-0.1, -0.05) is 83.3 Å². The van der Waals surface area contributed by atoms with Crippen LogP contribution >= 0.6 is 12.2 Å². The van der Waals surface area contributed by atoms with Crippen molar-refractivity contribution in [3.63, 3.8) is 0 Å². The molecule has 1 saturated heterocycles. The summed E-state index contributed by atoms with van der Waals surface area (Å²) < 4.78 is 11.4. The molecule has 260 valence electrons. The maximum Gasteiger partial charge on any atom is 0.186 e. The Kier molecular flexibility index (Phi) is 15.3. The Hall–Kier alpha value is -0.850. The van der Waals surface area contributed by atoms with Crippen LogP contribution in [0.4, 0.5) is 0 Å². The molecular formula is C35H62N2O7S. The van der Waals surface area contributed by atoms with Gasteiger partial charge in [-0.2, -0.15) is 0 Å². The van der Waals surface area contributed by atoms with Gasteiger partial charge in [0, 0.05) is 5.54 Å². The molecule has 4 unspecified atom stereocenters. The van der Waals surface area contributed by atoms with Crippen molar-refractivity contribution in [2.75, 3.05) is 13.2 Å².